The van der Waals surface area contributed by atoms with Gasteiger partial charge in [0.05, 0.1) is 12.3 Å². The number of hydrogen-bond acceptors (Lipinski definition) is 5. The van der Waals surface area contributed by atoms with Crippen LogP contribution in [0, 0.1) is 0 Å². The zero-order chi connectivity index (χ0) is 13.2. The lowest BCUT2D eigenvalue weighted by molar-refractivity contribution is -0.00630. The minimum Gasteiger partial charge on any atom is -0.369 e. The SMILES string of the molecule is CN(C)S(=O)(=O)N1CCO[C@@H](c2ccncn2)C1. The monoisotopic (exact) mass is 272 g/mol. The van der Waals surface area contributed by atoms with Crippen molar-refractivity contribution in [3.8, 4) is 0 Å². The predicted molar refractivity (Wildman–Crippen MR) is 64.9 cm³/mol. The Balaban J connectivity index is 2.15. The van der Waals surface area contributed by atoms with Crippen molar-refractivity contribution < 1.29 is 13.2 Å². The van der Waals surface area contributed by atoms with Gasteiger partial charge in [-0.2, -0.15) is 17.0 Å². The normalized spacial score (nSPS) is 22.3. The largest absolute Gasteiger partial charge is 0.369 e. The van der Waals surface area contributed by atoms with Crippen molar-refractivity contribution in [2.75, 3.05) is 33.8 Å². The number of hydrogen-bond donors (Lipinski definition) is 0. The van der Waals surface area contributed by atoms with E-state index in [0.29, 0.717) is 18.8 Å². The van der Waals surface area contributed by atoms with E-state index in [9.17, 15) is 8.42 Å². The summed E-state index contributed by atoms with van der Waals surface area (Å²) < 4.78 is 32.2. The van der Waals surface area contributed by atoms with Crippen LogP contribution < -0.4 is 0 Å². The van der Waals surface area contributed by atoms with Crippen molar-refractivity contribution in [2.45, 2.75) is 6.10 Å². The van der Waals surface area contributed by atoms with Gasteiger partial charge in [-0.15, -0.1) is 0 Å². The molecule has 1 aromatic rings. The van der Waals surface area contributed by atoms with Crippen molar-refractivity contribution in [3.63, 3.8) is 0 Å². The first-order valence-electron chi connectivity index (χ1n) is 5.57. The van der Waals surface area contributed by atoms with E-state index in [2.05, 4.69) is 9.97 Å². The molecular weight excluding hydrogens is 256 g/mol. The highest BCUT2D eigenvalue weighted by molar-refractivity contribution is 7.86. The van der Waals surface area contributed by atoms with E-state index < -0.39 is 10.2 Å². The highest BCUT2D eigenvalue weighted by atomic mass is 32.2. The molecule has 1 saturated heterocycles. The Morgan fingerprint density at radius 2 is 2.28 bits per heavy atom. The van der Waals surface area contributed by atoms with Gasteiger partial charge in [0.2, 0.25) is 0 Å². The number of ether oxygens (including phenoxy) is 1. The fourth-order valence-corrected chi connectivity index (χ4v) is 2.83. The van der Waals surface area contributed by atoms with Crippen LogP contribution in [0.4, 0.5) is 0 Å². The third-order valence-corrected chi connectivity index (χ3v) is 4.66. The second-order valence-electron chi connectivity index (χ2n) is 4.14. The molecule has 0 saturated carbocycles. The van der Waals surface area contributed by atoms with Gasteiger partial charge in [0.15, 0.2) is 0 Å². The van der Waals surface area contributed by atoms with Crippen LogP contribution >= 0.6 is 0 Å². The van der Waals surface area contributed by atoms with Gasteiger partial charge in [-0.3, -0.25) is 0 Å². The summed E-state index contributed by atoms with van der Waals surface area (Å²) in [6, 6.07) is 1.73. The molecule has 0 N–H and O–H groups in total. The quantitative estimate of drug-likeness (QED) is 0.752. The molecule has 1 aromatic heterocycles. The first-order valence-corrected chi connectivity index (χ1v) is 6.96. The Bertz CT molecular complexity index is 491. The van der Waals surface area contributed by atoms with E-state index >= 15 is 0 Å². The number of nitrogens with zero attached hydrogens (tertiary/aromatic N) is 4. The molecule has 8 heteroatoms. The maximum atomic E-state index is 12.0. The van der Waals surface area contributed by atoms with Crippen LogP contribution in [0.5, 0.6) is 0 Å². The molecule has 0 aliphatic carbocycles. The van der Waals surface area contributed by atoms with Crippen LogP contribution in [0.2, 0.25) is 0 Å². The standard InChI is InChI=1S/C10H16N4O3S/c1-13(2)18(15,16)14-5-6-17-10(7-14)9-3-4-11-8-12-9/h3-4,8,10H,5-7H2,1-2H3/t10-/m1/s1. The maximum absolute atomic E-state index is 12.0. The first-order chi connectivity index (χ1) is 8.51. The smallest absolute Gasteiger partial charge is 0.281 e. The molecule has 7 nitrogen and oxygen atoms in total. The van der Waals surface area contributed by atoms with E-state index in [4.69, 9.17) is 4.74 Å². The summed E-state index contributed by atoms with van der Waals surface area (Å²) in [7, 11) is -0.361. The molecule has 1 aliphatic rings. The second-order valence-corrected chi connectivity index (χ2v) is 6.28. The van der Waals surface area contributed by atoms with Gasteiger partial charge in [0.1, 0.15) is 12.4 Å². The summed E-state index contributed by atoms with van der Waals surface area (Å²) in [5.41, 5.74) is 0.698. The van der Waals surface area contributed by atoms with Crippen LogP contribution in [0.1, 0.15) is 11.8 Å². The number of rotatable bonds is 3. The summed E-state index contributed by atoms with van der Waals surface area (Å²) >= 11 is 0. The Morgan fingerprint density at radius 1 is 1.50 bits per heavy atom. The van der Waals surface area contributed by atoms with E-state index in [-0.39, 0.29) is 12.6 Å². The van der Waals surface area contributed by atoms with Crippen LogP contribution in [-0.2, 0) is 14.9 Å². The topological polar surface area (TPSA) is 75.6 Å². The van der Waals surface area contributed by atoms with Crippen LogP contribution in [0.15, 0.2) is 18.6 Å². The van der Waals surface area contributed by atoms with Gasteiger partial charge < -0.3 is 4.74 Å². The average Bonchev–Trinajstić information content (AvgIpc) is 2.40. The molecule has 0 radical (unpaired) electrons. The van der Waals surface area contributed by atoms with Gasteiger partial charge >= 0.3 is 0 Å². The minimum absolute atomic E-state index is 0.275. The van der Waals surface area contributed by atoms with Gasteiger partial charge in [-0.1, -0.05) is 0 Å². The van der Waals surface area contributed by atoms with Crippen LogP contribution in [-0.4, -0.2) is 60.8 Å². The molecule has 1 fully saturated rings. The van der Waals surface area contributed by atoms with Crippen molar-refractivity contribution in [2.24, 2.45) is 0 Å². The zero-order valence-corrected chi connectivity index (χ0v) is 11.2. The Labute approximate surface area is 107 Å². The van der Waals surface area contributed by atoms with Gasteiger partial charge in [0.25, 0.3) is 10.2 Å². The number of aromatic nitrogens is 2. The van der Waals surface area contributed by atoms with Crippen LogP contribution in [0.25, 0.3) is 0 Å². The zero-order valence-electron chi connectivity index (χ0n) is 10.4. The minimum atomic E-state index is -3.40. The highest BCUT2D eigenvalue weighted by Crippen LogP contribution is 2.22. The lowest BCUT2D eigenvalue weighted by atomic mass is 10.2. The lowest BCUT2D eigenvalue weighted by Gasteiger charge is -2.33. The molecule has 18 heavy (non-hydrogen) atoms. The molecule has 100 valence electrons. The van der Waals surface area contributed by atoms with E-state index in [1.807, 2.05) is 0 Å². The van der Waals surface area contributed by atoms with Crippen LogP contribution in [0.3, 0.4) is 0 Å². The van der Waals surface area contributed by atoms with E-state index in [1.165, 1.54) is 29.0 Å². The average molecular weight is 272 g/mol. The third kappa shape index (κ3) is 2.66. The molecule has 2 heterocycles. The molecule has 0 aromatic carbocycles. The van der Waals surface area contributed by atoms with E-state index in [1.54, 1.807) is 12.3 Å². The Hall–Kier alpha value is -1.09. The lowest BCUT2D eigenvalue weighted by Crippen LogP contribution is -2.47. The highest BCUT2D eigenvalue weighted by Gasteiger charge is 2.32. The Kier molecular flexibility index (Phi) is 3.91. The number of morpholine rings is 1. The third-order valence-electron chi connectivity index (χ3n) is 2.75. The second kappa shape index (κ2) is 5.27. The predicted octanol–water partition coefficient (Wildman–Crippen LogP) is -0.344. The molecular formula is C10H16N4O3S. The summed E-state index contributed by atoms with van der Waals surface area (Å²) in [6.07, 6.45) is 2.71. The first kappa shape index (κ1) is 13.3. The van der Waals surface area contributed by atoms with E-state index in [0.717, 1.165) is 0 Å². The molecule has 0 bridgehead atoms. The molecule has 0 amide bonds. The molecule has 0 spiro atoms. The van der Waals surface area contributed by atoms with Gasteiger partial charge in [0, 0.05) is 33.4 Å². The van der Waals surface area contributed by atoms with Gasteiger partial charge in [-0.05, 0) is 6.07 Å². The van der Waals surface area contributed by atoms with Crippen molar-refractivity contribution in [3.05, 3.63) is 24.3 Å². The summed E-state index contributed by atoms with van der Waals surface area (Å²) in [5.74, 6) is 0. The molecule has 1 aliphatic heterocycles. The van der Waals surface area contributed by atoms with Crippen molar-refractivity contribution in [1.82, 2.24) is 18.6 Å². The van der Waals surface area contributed by atoms with Crippen molar-refractivity contribution in [1.29, 1.82) is 0 Å². The summed E-state index contributed by atoms with van der Waals surface area (Å²) in [5, 5.41) is 0. The molecule has 2 rings (SSSR count). The molecule has 0 unspecified atom stereocenters. The summed E-state index contributed by atoms with van der Waals surface area (Å²) in [6.45, 7) is 1.00. The summed E-state index contributed by atoms with van der Waals surface area (Å²) in [4.78, 5) is 7.92. The van der Waals surface area contributed by atoms with Crippen molar-refractivity contribution >= 4 is 10.2 Å². The fraction of sp³-hybridized carbons (Fsp3) is 0.600. The maximum Gasteiger partial charge on any atom is 0.281 e. The van der Waals surface area contributed by atoms with Gasteiger partial charge in [-0.25, -0.2) is 9.97 Å². The Morgan fingerprint density at radius 3 is 2.89 bits per heavy atom. The fourth-order valence-electron chi connectivity index (χ4n) is 1.74. The molecule has 1 atom stereocenters.